The standard InChI is InChI=1S/C27H35F4N3O4/c1-2-38-26(37)21-13-17(21)9-6-4-3-5-7-10-22(25(36)34-12-8-11-23(34)24(32)35)33-20-15-18(27(29,30)31)14-19(28)16-20/h6,9,14-17,21-23,33H,2-5,7-8,10-13H2,1H3,(H2,32,35)/b9-6-/t17-,21+,22+,23+/m1/s1. The number of nitrogens with two attached hydrogens (primary N) is 1. The number of nitrogens with one attached hydrogen (secondary N) is 1. The summed E-state index contributed by atoms with van der Waals surface area (Å²) in [7, 11) is 0. The third kappa shape index (κ3) is 8.19. The first-order chi connectivity index (χ1) is 18.0. The molecule has 0 unspecified atom stereocenters. The van der Waals surface area contributed by atoms with Crippen LogP contribution in [0.3, 0.4) is 0 Å². The van der Waals surface area contributed by atoms with Gasteiger partial charge in [-0.05, 0) is 69.6 Å². The van der Waals surface area contributed by atoms with Crippen molar-refractivity contribution in [1.29, 1.82) is 0 Å². The normalized spacial score (nSPS) is 21.9. The van der Waals surface area contributed by atoms with Crippen LogP contribution in [0.2, 0.25) is 0 Å². The molecule has 4 atom stereocenters. The van der Waals surface area contributed by atoms with Crippen LogP contribution >= 0.6 is 0 Å². The third-order valence-corrected chi connectivity index (χ3v) is 6.90. The fraction of sp³-hybridized carbons (Fsp3) is 0.593. The van der Waals surface area contributed by atoms with Crippen molar-refractivity contribution >= 4 is 23.5 Å². The van der Waals surface area contributed by atoms with E-state index < -0.39 is 41.5 Å². The van der Waals surface area contributed by atoms with E-state index in [4.69, 9.17) is 10.5 Å². The summed E-state index contributed by atoms with van der Waals surface area (Å²) >= 11 is 0. The highest BCUT2D eigenvalue weighted by Gasteiger charge is 2.42. The Labute approximate surface area is 219 Å². The van der Waals surface area contributed by atoms with Crippen molar-refractivity contribution < 1.29 is 36.7 Å². The Bertz CT molecular complexity index is 1030. The van der Waals surface area contributed by atoms with Crippen LogP contribution in [0.25, 0.3) is 0 Å². The molecule has 11 heteroatoms. The zero-order chi connectivity index (χ0) is 27.9. The molecular formula is C27H35F4N3O4. The van der Waals surface area contributed by atoms with Crippen molar-refractivity contribution in [2.45, 2.75) is 76.6 Å². The number of esters is 1. The van der Waals surface area contributed by atoms with Crippen molar-refractivity contribution in [3.05, 3.63) is 41.7 Å². The Kier molecular flexibility index (Phi) is 10.2. The van der Waals surface area contributed by atoms with Crippen LogP contribution in [-0.4, -0.2) is 47.9 Å². The molecular weight excluding hydrogens is 506 g/mol. The molecule has 1 saturated heterocycles. The number of hydrogen-bond acceptors (Lipinski definition) is 5. The summed E-state index contributed by atoms with van der Waals surface area (Å²) in [6, 6.07) is 0.374. The molecule has 0 aromatic heterocycles. The summed E-state index contributed by atoms with van der Waals surface area (Å²) < 4.78 is 58.5. The van der Waals surface area contributed by atoms with Gasteiger partial charge in [0.25, 0.3) is 0 Å². The number of nitrogens with zero attached hydrogens (tertiary/aromatic N) is 1. The number of halogens is 4. The molecule has 3 N–H and O–H groups in total. The first-order valence-corrected chi connectivity index (χ1v) is 13.1. The summed E-state index contributed by atoms with van der Waals surface area (Å²) in [5, 5.41) is 2.78. The van der Waals surface area contributed by atoms with E-state index >= 15 is 0 Å². The number of hydrogen-bond donors (Lipinski definition) is 2. The second-order valence-electron chi connectivity index (χ2n) is 9.84. The van der Waals surface area contributed by atoms with Crippen LogP contribution in [0.5, 0.6) is 0 Å². The minimum atomic E-state index is -4.74. The number of amides is 2. The molecule has 38 heavy (non-hydrogen) atoms. The lowest BCUT2D eigenvalue weighted by Gasteiger charge is -2.28. The summed E-state index contributed by atoms with van der Waals surface area (Å²) in [6.45, 7) is 2.46. The maximum absolute atomic E-state index is 13.9. The molecule has 1 aliphatic heterocycles. The number of anilines is 1. The summed E-state index contributed by atoms with van der Waals surface area (Å²) in [6.07, 6.45) is 4.35. The molecule has 1 aromatic rings. The number of likely N-dealkylation sites (tertiary alicyclic amines) is 1. The van der Waals surface area contributed by atoms with Gasteiger partial charge in [0.2, 0.25) is 11.8 Å². The number of allylic oxidation sites excluding steroid dienone is 2. The van der Waals surface area contributed by atoms with E-state index in [1.165, 1.54) is 4.90 Å². The highest BCUT2D eigenvalue weighted by molar-refractivity contribution is 5.91. The highest BCUT2D eigenvalue weighted by atomic mass is 19.4. The molecule has 7 nitrogen and oxygen atoms in total. The largest absolute Gasteiger partial charge is 0.466 e. The van der Waals surface area contributed by atoms with Gasteiger partial charge >= 0.3 is 12.1 Å². The molecule has 1 saturated carbocycles. The van der Waals surface area contributed by atoms with Gasteiger partial charge in [-0.2, -0.15) is 13.2 Å². The van der Waals surface area contributed by atoms with Crippen LogP contribution in [0.1, 0.15) is 63.9 Å². The van der Waals surface area contributed by atoms with Crippen molar-refractivity contribution in [2.24, 2.45) is 17.6 Å². The first kappa shape index (κ1) is 29.4. The van der Waals surface area contributed by atoms with Crippen molar-refractivity contribution in [1.82, 2.24) is 4.90 Å². The number of primary amides is 1. The molecule has 2 aliphatic rings. The number of alkyl halides is 3. The summed E-state index contributed by atoms with van der Waals surface area (Å²) in [5.41, 5.74) is 4.12. The van der Waals surface area contributed by atoms with Gasteiger partial charge in [0.1, 0.15) is 17.9 Å². The van der Waals surface area contributed by atoms with Gasteiger partial charge in [0, 0.05) is 12.2 Å². The van der Waals surface area contributed by atoms with E-state index in [2.05, 4.69) is 5.32 Å². The predicted octanol–water partition coefficient (Wildman–Crippen LogP) is 4.81. The van der Waals surface area contributed by atoms with E-state index in [1.807, 2.05) is 12.2 Å². The number of carbonyl (C=O) groups excluding carboxylic acids is 3. The molecule has 1 aromatic carbocycles. The lowest BCUT2D eigenvalue weighted by Crippen LogP contribution is -2.49. The topological polar surface area (TPSA) is 102 Å². The number of benzene rings is 1. The lowest BCUT2D eigenvalue weighted by atomic mass is 10.0. The van der Waals surface area contributed by atoms with Crippen molar-refractivity contribution in [3.8, 4) is 0 Å². The Balaban J connectivity index is 1.57. The van der Waals surface area contributed by atoms with E-state index in [0.29, 0.717) is 38.5 Å². The van der Waals surface area contributed by atoms with Gasteiger partial charge in [-0.1, -0.05) is 25.0 Å². The van der Waals surface area contributed by atoms with Crippen LogP contribution in [0.15, 0.2) is 30.4 Å². The Morgan fingerprint density at radius 2 is 1.97 bits per heavy atom. The summed E-state index contributed by atoms with van der Waals surface area (Å²) in [5.74, 6) is -2.15. The van der Waals surface area contributed by atoms with E-state index in [-0.39, 0.29) is 29.9 Å². The second kappa shape index (κ2) is 13.1. The number of carbonyl (C=O) groups is 3. The number of unbranched alkanes of at least 4 members (excludes halogenated alkanes) is 3. The third-order valence-electron chi connectivity index (χ3n) is 6.90. The molecule has 1 aliphatic carbocycles. The van der Waals surface area contributed by atoms with Gasteiger partial charge in [0.05, 0.1) is 18.1 Å². The quantitative estimate of drug-likeness (QED) is 0.162. The van der Waals surface area contributed by atoms with Crippen LogP contribution in [-0.2, 0) is 25.3 Å². The SMILES string of the molecule is CCOC(=O)[C@H]1C[C@H]1/C=C\CCCCC[C@H](Nc1cc(F)cc(C(F)(F)F)c1)C(=O)N1CCC[C@H]1C(N)=O. The van der Waals surface area contributed by atoms with Gasteiger partial charge in [-0.15, -0.1) is 0 Å². The fourth-order valence-electron chi connectivity index (χ4n) is 4.83. The highest BCUT2D eigenvalue weighted by Crippen LogP contribution is 2.40. The zero-order valence-corrected chi connectivity index (χ0v) is 21.4. The fourth-order valence-corrected chi connectivity index (χ4v) is 4.83. The second-order valence-corrected chi connectivity index (χ2v) is 9.84. The zero-order valence-electron chi connectivity index (χ0n) is 21.4. The van der Waals surface area contributed by atoms with Gasteiger partial charge in [-0.3, -0.25) is 14.4 Å². The van der Waals surface area contributed by atoms with Crippen molar-refractivity contribution in [3.63, 3.8) is 0 Å². The molecule has 2 fully saturated rings. The molecule has 1 heterocycles. The van der Waals surface area contributed by atoms with Crippen LogP contribution in [0, 0.1) is 17.7 Å². The predicted molar refractivity (Wildman–Crippen MR) is 133 cm³/mol. The van der Waals surface area contributed by atoms with E-state index in [1.54, 1.807) is 6.92 Å². The maximum atomic E-state index is 13.9. The van der Waals surface area contributed by atoms with E-state index in [0.717, 1.165) is 37.8 Å². The maximum Gasteiger partial charge on any atom is 0.416 e. The van der Waals surface area contributed by atoms with Gasteiger partial charge in [-0.25, -0.2) is 4.39 Å². The van der Waals surface area contributed by atoms with E-state index in [9.17, 15) is 31.9 Å². The smallest absolute Gasteiger partial charge is 0.416 e. The van der Waals surface area contributed by atoms with Crippen LogP contribution in [0.4, 0.5) is 23.2 Å². The molecule has 0 bridgehead atoms. The molecule has 3 rings (SSSR count). The molecule has 0 radical (unpaired) electrons. The average molecular weight is 542 g/mol. The molecule has 2 amide bonds. The Morgan fingerprint density at radius 3 is 2.66 bits per heavy atom. The first-order valence-electron chi connectivity index (χ1n) is 13.1. The monoisotopic (exact) mass is 541 g/mol. The van der Waals surface area contributed by atoms with Gasteiger partial charge < -0.3 is 20.7 Å². The lowest BCUT2D eigenvalue weighted by molar-refractivity contribution is -0.145. The Morgan fingerprint density at radius 1 is 1.21 bits per heavy atom. The summed E-state index contributed by atoms with van der Waals surface area (Å²) in [4.78, 5) is 38.2. The number of ether oxygens (including phenoxy) is 1. The number of rotatable bonds is 13. The molecule has 210 valence electrons. The van der Waals surface area contributed by atoms with Crippen LogP contribution < -0.4 is 11.1 Å². The van der Waals surface area contributed by atoms with Gasteiger partial charge in [0.15, 0.2) is 0 Å². The van der Waals surface area contributed by atoms with Crippen molar-refractivity contribution in [2.75, 3.05) is 18.5 Å². The minimum absolute atomic E-state index is 0.0560. The Hall–Kier alpha value is -3.11. The molecule has 0 spiro atoms. The minimum Gasteiger partial charge on any atom is -0.466 e. The average Bonchev–Trinajstić information content (AvgIpc) is 3.44.